The molecule has 0 saturated heterocycles. The first-order valence-electron chi connectivity index (χ1n) is 7.06. The summed E-state index contributed by atoms with van der Waals surface area (Å²) in [5.74, 6) is 0.920. The number of hydrogen-bond donors (Lipinski definition) is 1. The largest absolute Gasteiger partial charge is 0.338 e. The summed E-state index contributed by atoms with van der Waals surface area (Å²) in [7, 11) is 2.07. The fraction of sp³-hybridized carbons (Fsp3) is 0.111. The third-order valence-electron chi connectivity index (χ3n) is 4.01. The summed E-state index contributed by atoms with van der Waals surface area (Å²) in [5, 5.41) is 1.26. The third kappa shape index (κ3) is 1.89. The molecule has 0 aliphatic rings. The molecule has 0 unspecified atom stereocenters. The van der Waals surface area contributed by atoms with Crippen LogP contribution >= 0.6 is 0 Å². The predicted octanol–water partition coefficient (Wildman–Crippen LogP) is 3.52. The zero-order chi connectivity index (χ0) is 14.4. The highest BCUT2D eigenvalue weighted by Crippen LogP contribution is 2.24. The zero-order valence-electron chi connectivity index (χ0n) is 12.1. The fourth-order valence-electron chi connectivity index (χ4n) is 2.79. The van der Waals surface area contributed by atoms with Crippen LogP contribution in [0.5, 0.6) is 0 Å². The first-order valence-corrected chi connectivity index (χ1v) is 7.06. The first-order chi connectivity index (χ1) is 10.2. The van der Waals surface area contributed by atoms with E-state index >= 15 is 0 Å². The highest BCUT2D eigenvalue weighted by atomic mass is 14.9. The molecule has 2 heterocycles. The van der Waals surface area contributed by atoms with E-state index in [-0.39, 0.29) is 0 Å². The Kier molecular flexibility index (Phi) is 2.54. The van der Waals surface area contributed by atoms with Crippen LogP contribution in [0.4, 0.5) is 0 Å². The minimum atomic E-state index is 0.920. The number of H-pyrrole nitrogens is 1. The smallest absolute Gasteiger partial charge is 0.212 e. The SMILES string of the molecule is Cc1cc[n+](C)c2ccc(-c3nc4ccccc4[nH]3)cc12. The molecule has 0 spiro atoms. The topological polar surface area (TPSA) is 32.6 Å². The van der Waals surface area contributed by atoms with Crippen LogP contribution in [0, 0.1) is 6.92 Å². The van der Waals surface area contributed by atoms with E-state index in [1.165, 1.54) is 16.5 Å². The van der Waals surface area contributed by atoms with Crippen molar-refractivity contribution in [2.24, 2.45) is 7.05 Å². The summed E-state index contributed by atoms with van der Waals surface area (Å²) >= 11 is 0. The maximum atomic E-state index is 4.68. The van der Waals surface area contributed by atoms with Crippen LogP contribution in [0.2, 0.25) is 0 Å². The standard InChI is InChI=1S/C18H16N3/c1-12-9-10-21(2)17-8-7-13(11-14(12)17)18-19-15-5-3-4-6-16(15)20-18/h3-11H,1-2H3,(H,19,20)/q+1. The van der Waals surface area contributed by atoms with Gasteiger partial charge >= 0.3 is 0 Å². The molecule has 0 saturated carbocycles. The van der Waals surface area contributed by atoms with Gasteiger partial charge in [0.05, 0.1) is 11.0 Å². The van der Waals surface area contributed by atoms with Crippen LogP contribution < -0.4 is 4.57 Å². The Bertz CT molecular complexity index is 934. The second-order valence-electron chi connectivity index (χ2n) is 5.44. The van der Waals surface area contributed by atoms with E-state index in [1.807, 2.05) is 18.2 Å². The van der Waals surface area contributed by atoms with E-state index in [0.717, 1.165) is 22.4 Å². The van der Waals surface area contributed by atoms with Crippen LogP contribution in [0.3, 0.4) is 0 Å². The minimum Gasteiger partial charge on any atom is -0.338 e. The van der Waals surface area contributed by atoms with Gasteiger partial charge in [0.1, 0.15) is 12.9 Å². The Morgan fingerprint density at radius 3 is 2.76 bits per heavy atom. The number of rotatable bonds is 1. The maximum absolute atomic E-state index is 4.68. The van der Waals surface area contributed by atoms with E-state index in [9.17, 15) is 0 Å². The van der Waals surface area contributed by atoms with Crippen molar-refractivity contribution in [1.29, 1.82) is 0 Å². The highest BCUT2D eigenvalue weighted by molar-refractivity contribution is 5.86. The molecule has 0 bridgehead atoms. The predicted molar refractivity (Wildman–Crippen MR) is 84.9 cm³/mol. The second-order valence-corrected chi connectivity index (χ2v) is 5.44. The number of aromatic nitrogens is 3. The molecule has 0 aliphatic heterocycles. The molecule has 2 aromatic heterocycles. The Morgan fingerprint density at radius 2 is 1.90 bits per heavy atom. The van der Waals surface area contributed by atoms with Gasteiger partial charge in [-0.15, -0.1) is 0 Å². The summed E-state index contributed by atoms with van der Waals surface area (Å²) in [6.07, 6.45) is 2.10. The maximum Gasteiger partial charge on any atom is 0.212 e. The Hall–Kier alpha value is -2.68. The zero-order valence-corrected chi connectivity index (χ0v) is 12.1. The van der Waals surface area contributed by atoms with E-state index in [0.29, 0.717) is 0 Å². The van der Waals surface area contributed by atoms with Crippen molar-refractivity contribution in [1.82, 2.24) is 9.97 Å². The van der Waals surface area contributed by atoms with Gasteiger partial charge in [0.25, 0.3) is 0 Å². The lowest BCUT2D eigenvalue weighted by Crippen LogP contribution is -2.28. The molecule has 102 valence electrons. The van der Waals surface area contributed by atoms with Crippen LogP contribution in [0.15, 0.2) is 54.7 Å². The number of pyridine rings is 1. The molecule has 4 aromatic rings. The van der Waals surface area contributed by atoms with Gasteiger partial charge in [-0.2, -0.15) is 0 Å². The van der Waals surface area contributed by atoms with Gasteiger partial charge in [0.15, 0.2) is 6.20 Å². The number of fused-ring (bicyclic) bond motifs is 2. The molecule has 21 heavy (non-hydrogen) atoms. The molecule has 3 heteroatoms. The molecular weight excluding hydrogens is 258 g/mol. The normalized spacial score (nSPS) is 11.3. The average Bonchev–Trinajstić information content (AvgIpc) is 2.95. The van der Waals surface area contributed by atoms with Crippen molar-refractivity contribution in [2.45, 2.75) is 6.92 Å². The number of hydrogen-bond acceptors (Lipinski definition) is 1. The molecule has 4 rings (SSSR count). The van der Waals surface area contributed by atoms with Crippen molar-refractivity contribution >= 4 is 21.9 Å². The summed E-state index contributed by atoms with van der Waals surface area (Å²) < 4.78 is 2.14. The highest BCUT2D eigenvalue weighted by Gasteiger charge is 2.11. The van der Waals surface area contributed by atoms with Crippen molar-refractivity contribution in [3.63, 3.8) is 0 Å². The minimum absolute atomic E-state index is 0.920. The average molecular weight is 274 g/mol. The Labute approximate surface area is 122 Å². The van der Waals surface area contributed by atoms with Crippen LogP contribution in [0.25, 0.3) is 33.3 Å². The van der Waals surface area contributed by atoms with E-state index in [2.05, 4.69) is 65.0 Å². The van der Waals surface area contributed by atoms with Gasteiger partial charge < -0.3 is 4.98 Å². The molecule has 0 fully saturated rings. The van der Waals surface area contributed by atoms with E-state index < -0.39 is 0 Å². The van der Waals surface area contributed by atoms with Gasteiger partial charge in [0, 0.05) is 23.1 Å². The summed E-state index contributed by atoms with van der Waals surface area (Å²) in [4.78, 5) is 8.07. The molecule has 0 atom stereocenters. The molecule has 0 radical (unpaired) electrons. The van der Waals surface area contributed by atoms with Crippen molar-refractivity contribution in [2.75, 3.05) is 0 Å². The van der Waals surface area contributed by atoms with E-state index in [4.69, 9.17) is 0 Å². The molecular formula is C18H16N3+. The van der Waals surface area contributed by atoms with Crippen molar-refractivity contribution in [3.05, 3.63) is 60.3 Å². The first kappa shape index (κ1) is 12.1. The molecule has 2 aromatic carbocycles. The summed E-state index contributed by atoms with van der Waals surface area (Å²) in [6.45, 7) is 2.14. The Morgan fingerprint density at radius 1 is 1.05 bits per heavy atom. The molecule has 3 nitrogen and oxygen atoms in total. The number of nitrogens with one attached hydrogen (secondary N) is 1. The number of aryl methyl sites for hydroxylation is 2. The number of benzene rings is 2. The number of nitrogens with zero attached hydrogens (tertiary/aromatic N) is 2. The van der Waals surface area contributed by atoms with Gasteiger partial charge in [-0.1, -0.05) is 12.1 Å². The lowest BCUT2D eigenvalue weighted by atomic mass is 10.1. The fourth-order valence-corrected chi connectivity index (χ4v) is 2.79. The third-order valence-corrected chi connectivity index (χ3v) is 4.01. The number of para-hydroxylation sites is 2. The Balaban J connectivity index is 1.96. The lowest BCUT2D eigenvalue weighted by Gasteiger charge is -2.02. The number of imidazole rings is 1. The van der Waals surface area contributed by atoms with Gasteiger partial charge in [-0.05, 0) is 36.8 Å². The van der Waals surface area contributed by atoms with Gasteiger partial charge in [-0.25, -0.2) is 9.55 Å². The lowest BCUT2D eigenvalue weighted by molar-refractivity contribution is -0.644. The quantitative estimate of drug-likeness (QED) is 0.529. The molecule has 0 aliphatic carbocycles. The van der Waals surface area contributed by atoms with Crippen molar-refractivity contribution in [3.8, 4) is 11.4 Å². The van der Waals surface area contributed by atoms with Gasteiger partial charge in [-0.3, -0.25) is 0 Å². The summed E-state index contributed by atoms with van der Waals surface area (Å²) in [5.41, 5.74) is 5.70. The number of aromatic amines is 1. The van der Waals surface area contributed by atoms with Gasteiger partial charge in [0.2, 0.25) is 5.52 Å². The monoisotopic (exact) mass is 274 g/mol. The molecule has 1 N–H and O–H groups in total. The second kappa shape index (κ2) is 4.42. The van der Waals surface area contributed by atoms with Crippen molar-refractivity contribution < 1.29 is 4.57 Å². The van der Waals surface area contributed by atoms with Crippen LogP contribution in [-0.2, 0) is 7.05 Å². The van der Waals surface area contributed by atoms with E-state index in [1.54, 1.807) is 0 Å². The van der Waals surface area contributed by atoms with Crippen LogP contribution in [-0.4, -0.2) is 9.97 Å². The van der Waals surface area contributed by atoms with Crippen LogP contribution in [0.1, 0.15) is 5.56 Å². The molecule has 0 amide bonds. The summed E-state index contributed by atoms with van der Waals surface area (Å²) in [6, 6.07) is 16.8.